The van der Waals surface area contributed by atoms with Crippen molar-refractivity contribution in [3.8, 4) is 0 Å². The van der Waals surface area contributed by atoms with Crippen LogP contribution < -0.4 is 5.73 Å². The summed E-state index contributed by atoms with van der Waals surface area (Å²) >= 11 is 1.77. The molecular formula is C14H18N2S. The number of hydrogen-bond acceptors (Lipinski definition) is 3. The molecule has 0 aliphatic carbocycles. The van der Waals surface area contributed by atoms with Crippen LogP contribution >= 0.6 is 11.3 Å². The lowest BCUT2D eigenvalue weighted by molar-refractivity contribution is 0.696. The fraction of sp³-hybridized carbons (Fsp3) is 0.357. The highest BCUT2D eigenvalue weighted by Crippen LogP contribution is 2.25. The van der Waals surface area contributed by atoms with E-state index in [2.05, 4.69) is 36.2 Å². The lowest BCUT2D eigenvalue weighted by Crippen LogP contribution is -2.15. The summed E-state index contributed by atoms with van der Waals surface area (Å²) in [6.45, 7) is 4.87. The highest BCUT2D eigenvalue weighted by Gasteiger charge is 2.13. The molecule has 17 heavy (non-hydrogen) atoms. The Kier molecular flexibility index (Phi) is 3.92. The molecule has 0 saturated carbocycles. The van der Waals surface area contributed by atoms with Gasteiger partial charge in [-0.2, -0.15) is 0 Å². The molecule has 0 bridgehead atoms. The van der Waals surface area contributed by atoms with Crippen LogP contribution in [0.25, 0.3) is 0 Å². The molecule has 0 amide bonds. The average molecular weight is 246 g/mol. The minimum atomic E-state index is 0.399. The zero-order valence-corrected chi connectivity index (χ0v) is 11.1. The minimum Gasteiger partial charge on any atom is -0.330 e. The Bertz CT molecular complexity index is 490. The molecule has 2 N–H and O–H groups in total. The van der Waals surface area contributed by atoms with Crippen LogP contribution in [0.1, 0.15) is 26.9 Å². The highest BCUT2D eigenvalue weighted by atomic mass is 32.1. The number of hydrogen-bond donors (Lipinski definition) is 1. The zero-order chi connectivity index (χ0) is 12.3. The van der Waals surface area contributed by atoms with Crippen LogP contribution in [0.15, 0.2) is 30.5 Å². The predicted molar refractivity (Wildman–Crippen MR) is 73.5 cm³/mol. The second-order valence-electron chi connectivity index (χ2n) is 4.34. The van der Waals surface area contributed by atoms with Crippen LogP contribution in [0.3, 0.4) is 0 Å². The molecule has 0 saturated heterocycles. The van der Waals surface area contributed by atoms with Crippen molar-refractivity contribution in [3.63, 3.8) is 0 Å². The van der Waals surface area contributed by atoms with Gasteiger partial charge in [-0.3, -0.25) is 0 Å². The molecule has 90 valence electrons. The second-order valence-corrected chi connectivity index (χ2v) is 5.66. The van der Waals surface area contributed by atoms with E-state index in [1.54, 1.807) is 11.3 Å². The van der Waals surface area contributed by atoms with Gasteiger partial charge in [0.05, 0.1) is 5.01 Å². The summed E-state index contributed by atoms with van der Waals surface area (Å²) in [4.78, 5) is 5.62. The minimum absolute atomic E-state index is 0.399. The number of aryl methyl sites for hydroxylation is 2. The third-order valence-electron chi connectivity index (χ3n) is 3.03. The van der Waals surface area contributed by atoms with Gasteiger partial charge < -0.3 is 5.73 Å². The Hall–Kier alpha value is -1.19. The van der Waals surface area contributed by atoms with Gasteiger partial charge in [0.15, 0.2) is 0 Å². The van der Waals surface area contributed by atoms with Gasteiger partial charge in [0.1, 0.15) is 0 Å². The fourth-order valence-electron chi connectivity index (χ4n) is 2.11. The molecule has 1 unspecified atom stereocenters. The van der Waals surface area contributed by atoms with Crippen molar-refractivity contribution in [2.45, 2.75) is 26.2 Å². The van der Waals surface area contributed by atoms with Gasteiger partial charge in [0.25, 0.3) is 0 Å². The first kappa shape index (κ1) is 12.3. The van der Waals surface area contributed by atoms with Crippen molar-refractivity contribution in [1.82, 2.24) is 4.98 Å². The van der Waals surface area contributed by atoms with Crippen LogP contribution in [0.4, 0.5) is 0 Å². The molecule has 0 aliphatic heterocycles. The summed E-state index contributed by atoms with van der Waals surface area (Å²) in [7, 11) is 0. The molecule has 2 nitrogen and oxygen atoms in total. The number of benzene rings is 1. The number of aromatic nitrogens is 1. The van der Waals surface area contributed by atoms with Crippen molar-refractivity contribution < 1.29 is 0 Å². The van der Waals surface area contributed by atoms with Crippen LogP contribution in [0.2, 0.25) is 0 Å². The predicted octanol–water partition coefficient (Wildman–Crippen LogP) is 3.04. The van der Waals surface area contributed by atoms with Gasteiger partial charge >= 0.3 is 0 Å². The number of rotatable bonds is 4. The van der Waals surface area contributed by atoms with Gasteiger partial charge in [-0.15, -0.1) is 11.3 Å². The van der Waals surface area contributed by atoms with Crippen LogP contribution in [-0.2, 0) is 6.42 Å². The maximum Gasteiger partial charge on any atom is 0.0896 e. The molecule has 0 fully saturated rings. The standard InChI is InChI=1S/C14H18N2S/c1-10-5-3-4-6-14(10)12(8-15)7-13-9-16-11(2)17-13/h3-6,9,12H,7-8,15H2,1-2H3. The molecule has 0 aliphatic rings. The summed E-state index contributed by atoms with van der Waals surface area (Å²) in [5.74, 6) is 0.399. The summed E-state index contributed by atoms with van der Waals surface area (Å²) in [6.07, 6.45) is 2.97. The van der Waals surface area contributed by atoms with E-state index >= 15 is 0 Å². The highest BCUT2D eigenvalue weighted by molar-refractivity contribution is 7.11. The van der Waals surface area contributed by atoms with Crippen molar-refractivity contribution in [2.24, 2.45) is 5.73 Å². The summed E-state index contributed by atoms with van der Waals surface area (Å²) in [5, 5.41) is 1.13. The zero-order valence-electron chi connectivity index (χ0n) is 10.3. The number of nitrogens with zero attached hydrogens (tertiary/aromatic N) is 1. The smallest absolute Gasteiger partial charge is 0.0896 e. The second kappa shape index (κ2) is 5.43. The van der Waals surface area contributed by atoms with Crippen molar-refractivity contribution in [1.29, 1.82) is 0 Å². The van der Waals surface area contributed by atoms with Crippen LogP contribution in [-0.4, -0.2) is 11.5 Å². The van der Waals surface area contributed by atoms with E-state index in [4.69, 9.17) is 5.73 Å². The Morgan fingerprint density at radius 3 is 2.65 bits per heavy atom. The Morgan fingerprint density at radius 1 is 1.29 bits per heavy atom. The molecule has 1 aromatic heterocycles. The van der Waals surface area contributed by atoms with E-state index in [1.165, 1.54) is 16.0 Å². The van der Waals surface area contributed by atoms with Crippen LogP contribution in [0.5, 0.6) is 0 Å². The normalized spacial score (nSPS) is 12.6. The molecule has 0 spiro atoms. The third kappa shape index (κ3) is 2.93. The van der Waals surface area contributed by atoms with Gasteiger partial charge in [-0.25, -0.2) is 4.98 Å². The first-order valence-electron chi connectivity index (χ1n) is 5.87. The molecule has 1 aromatic carbocycles. The van der Waals surface area contributed by atoms with Crippen LogP contribution in [0, 0.1) is 13.8 Å². The van der Waals surface area contributed by atoms with Crippen molar-refractivity contribution in [2.75, 3.05) is 6.54 Å². The van der Waals surface area contributed by atoms with E-state index in [9.17, 15) is 0 Å². The van der Waals surface area contributed by atoms with Crippen molar-refractivity contribution >= 4 is 11.3 Å². The first-order chi connectivity index (χ1) is 8.20. The summed E-state index contributed by atoms with van der Waals surface area (Å²) < 4.78 is 0. The van der Waals surface area contributed by atoms with Gasteiger partial charge in [-0.05, 0) is 37.9 Å². The summed E-state index contributed by atoms with van der Waals surface area (Å²) in [6, 6.07) is 8.49. The largest absolute Gasteiger partial charge is 0.330 e. The Morgan fingerprint density at radius 2 is 2.06 bits per heavy atom. The van der Waals surface area contributed by atoms with E-state index in [1.807, 2.05) is 13.1 Å². The van der Waals surface area contributed by atoms with E-state index in [0.29, 0.717) is 12.5 Å². The maximum atomic E-state index is 5.91. The average Bonchev–Trinajstić information content (AvgIpc) is 2.73. The van der Waals surface area contributed by atoms with Gasteiger partial charge in [-0.1, -0.05) is 24.3 Å². The molecule has 3 heteroatoms. The molecule has 2 rings (SSSR count). The summed E-state index contributed by atoms with van der Waals surface area (Å²) in [5.41, 5.74) is 8.60. The maximum absolute atomic E-state index is 5.91. The van der Waals surface area contributed by atoms with Gasteiger partial charge in [0, 0.05) is 17.0 Å². The lowest BCUT2D eigenvalue weighted by atomic mass is 9.92. The Labute approximate surface area is 107 Å². The SMILES string of the molecule is Cc1ncc(CC(CN)c2ccccc2C)s1. The molecular weight excluding hydrogens is 228 g/mol. The fourth-order valence-corrected chi connectivity index (χ4v) is 2.98. The van der Waals surface area contributed by atoms with Gasteiger partial charge in [0.2, 0.25) is 0 Å². The number of thiazole rings is 1. The van der Waals surface area contributed by atoms with E-state index in [0.717, 1.165) is 11.4 Å². The van der Waals surface area contributed by atoms with E-state index in [-0.39, 0.29) is 0 Å². The Balaban J connectivity index is 2.20. The topological polar surface area (TPSA) is 38.9 Å². The molecule has 0 radical (unpaired) electrons. The van der Waals surface area contributed by atoms with Crippen molar-refractivity contribution in [3.05, 3.63) is 51.5 Å². The molecule has 2 aromatic rings. The monoisotopic (exact) mass is 246 g/mol. The third-order valence-corrected chi connectivity index (χ3v) is 3.96. The molecule has 1 heterocycles. The first-order valence-corrected chi connectivity index (χ1v) is 6.69. The van der Waals surface area contributed by atoms with E-state index < -0.39 is 0 Å². The quantitative estimate of drug-likeness (QED) is 0.900. The number of nitrogens with two attached hydrogens (primary N) is 1. The molecule has 1 atom stereocenters. The lowest BCUT2D eigenvalue weighted by Gasteiger charge is -2.16.